The molecule has 0 heterocycles. The van der Waals surface area contributed by atoms with E-state index in [1.54, 1.807) is 12.8 Å². The molecule has 0 aromatic heterocycles. The molecule has 0 heteroatoms. The second kappa shape index (κ2) is 2.80. The minimum Gasteiger partial charge on any atom is -0.0654 e. The predicted molar refractivity (Wildman–Crippen MR) is 48.4 cm³/mol. The zero-order chi connectivity index (χ0) is 7.84. The molecule has 0 bridgehead atoms. The van der Waals surface area contributed by atoms with Crippen molar-refractivity contribution in [2.24, 2.45) is 23.7 Å². The van der Waals surface area contributed by atoms with E-state index in [9.17, 15) is 0 Å². The molecule has 0 aromatic rings. The molecule has 11 heavy (non-hydrogen) atoms. The summed E-state index contributed by atoms with van der Waals surface area (Å²) in [7, 11) is 0. The van der Waals surface area contributed by atoms with Crippen molar-refractivity contribution in [3.8, 4) is 0 Å². The third-order valence-electron chi connectivity index (χ3n) is 4.00. The van der Waals surface area contributed by atoms with Crippen molar-refractivity contribution in [3.05, 3.63) is 0 Å². The van der Waals surface area contributed by atoms with E-state index in [1.165, 1.54) is 19.3 Å². The Labute approximate surface area is 70.4 Å². The second-order valence-electron chi connectivity index (χ2n) is 4.68. The van der Waals surface area contributed by atoms with E-state index in [2.05, 4.69) is 13.8 Å². The van der Waals surface area contributed by atoms with Crippen LogP contribution in [0.15, 0.2) is 0 Å². The van der Waals surface area contributed by atoms with Crippen molar-refractivity contribution in [2.75, 3.05) is 0 Å². The minimum absolute atomic E-state index is 1.06. The minimum atomic E-state index is 1.06. The first-order valence-electron chi connectivity index (χ1n) is 5.33. The van der Waals surface area contributed by atoms with Crippen LogP contribution in [-0.4, -0.2) is 0 Å². The van der Waals surface area contributed by atoms with E-state index in [1.807, 2.05) is 0 Å². The van der Waals surface area contributed by atoms with Gasteiger partial charge in [-0.2, -0.15) is 0 Å². The van der Waals surface area contributed by atoms with Gasteiger partial charge in [0.15, 0.2) is 0 Å². The largest absolute Gasteiger partial charge is 0.0654 e. The maximum atomic E-state index is 2.46. The van der Waals surface area contributed by atoms with Crippen LogP contribution < -0.4 is 0 Å². The van der Waals surface area contributed by atoms with Crippen molar-refractivity contribution >= 4 is 0 Å². The van der Waals surface area contributed by atoms with Crippen LogP contribution in [0.3, 0.4) is 0 Å². The Bertz CT molecular complexity index is 133. The lowest BCUT2D eigenvalue weighted by Gasteiger charge is -2.43. The maximum Gasteiger partial charge on any atom is -0.0331 e. The first-order valence-corrected chi connectivity index (χ1v) is 5.33. The molecule has 0 nitrogen and oxygen atoms in total. The Morgan fingerprint density at radius 2 is 2.09 bits per heavy atom. The summed E-state index contributed by atoms with van der Waals surface area (Å²) < 4.78 is 0. The number of hydrogen-bond acceptors (Lipinski definition) is 0. The summed E-state index contributed by atoms with van der Waals surface area (Å²) in [6.07, 6.45) is 7.55. The summed E-state index contributed by atoms with van der Waals surface area (Å²) in [5.74, 6) is 4.49. The van der Waals surface area contributed by atoms with Gasteiger partial charge in [-0.15, -0.1) is 0 Å². The Hall–Kier alpha value is 0. The quantitative estimate of drug-likeness (QED) is 0.568. The first kappa shape index (κ1) is 7.64. The molecule has 2 fully saturated rings. The van der Waals surface area contributed by atoms with Crippen LogP contribution in [0.1, 0.15) is 46.0 Å². The molecule has 0 aromatic carbocycles. The Morgan fingerprint density at radius 3 is 2.73 bits per heavy atom. The highest BCUT2D eigenvalue weighted by Crippen LogP contribution is 2.55. The molecule has 2 saturated carbocycles. The van der Waals surface area contributed by atoms with Gasteiger partial charge in [0, 0.05) is 0 Å². The highest BCUT2D eigenvalue weighted by atomic mass is 14.5. The normalized spacial score (nSPS) is 48.5. The average Bonchev–Trinajstić information content (AvgIpc) is 2.20. The van der Waals surface area contributed by atoms with Crippen LogP contribution in [0.25, 0.3) is 0 Å². The van der Waals surface area contributed by atoms with Crippen LogP contribution in [-0.2, 0) is 0 Å². The fourth-order valence-corrected chi connectivity index (χ4v) is 3.48. The topological polar surface area (TPSA) is 0 Å². The van der Waals surface area contributed by atoms with Crippen molar-refractivity contribution in [3.63, 3.8) is 0 Å². The van der Waals surface area contributed by atoms with Gasteiger partial charge in [-0.3, -0.25) is 0 Å². The van der Waals surface area contributed by atoms with Crippen molar-refractivity contribution in [1.82, 2.24) is 0 Å². The van der Waals surface area contributed by atoms with E-state index in [4.69, 9.17) is 0 Å². The summed E-state index contributed by atoms with van der Waals surface area (Å²) >= 11 is 0. The average molecular weight is 152 g/mol. The third kappa shape index (κ3) is 1.11. The van der Waals surface area contributed by atoms with Crippen molar-refractivity contribution in [2.45, 2.75) is 46.0 Å². The molecule has 2 rings (SSSR count). The number of hydrogen-bond donors (Lipinski definition) is 0. The zero-order valence-corrected chi connectivity index (χ0v) is 7.84. The highest BCUT2D eigenvalue weighted by molar-refractivity contribution is 4.96. The lowest BCUT2D eigenvalue weighted by molar-refractivity contribution is 0.0659. The zero-order valence-electron chi connectivity index (χ0n) is 7.84. The fourth-order valence-electron chi connectivity index (χ4n) is 3.48. The molecular weight excluding hydrogens is 132 g/mol. The van der Waals surface area contributed by atoms with Gasteiger partial charge in [-0.25, -0.2) is 0 Å². The van der Waals surface area contributed by atoms with E-state index in [-0.39, 0.29) is 0 Å². The van der Waals surface area contributed by atoms with E-state index in [0.29, 0.717) is 0 Å². The molecular formula is C11H20. The summed E-state index contributed by atoms with van der Waals surface area (Å²) in [5, 5.41) is 0. The molecule has 2 aliphatic carbocycles. The molecule has 0 saturated heterocycles. The predicted octanol–water partition coefficient (Wildman–Crippen LogP) is 3.47. The smallest absolute Gasteiger partial charge is 0.0331 e. The first-order chi connectivity index (χ1) is 5.33. The lowest BCUT2D eigenvalue weighted by Crippen LogP contribution is -2.35. The maximum absolute atomic E-state index is 2.46. The Morgan fingerprint density at radius 1 is 1.27 bits per heavy atom. The van der Waals surface area contributed by atoms with Gasteiger partial charge >= 0.3 is 0 Å². The van der Waals surface area contributed by atoms with Crippen molar-refractivity contribution < 1.29 is 0 Å². The lowest BCUT2D eigenvalue weighted by atomic mass is 9.63. The third-order valence-corrected chi connectivity index (χ3v) is 4.00. The highest BCUT2D eigenvalue weighted by Gasteiger charge is 2.46. The van der Waals surface area contributed by atoms with Crippen LogP contribution in [0.2, 0.25) is 0 Å². The van der Waals surface area contributed by atoms with Gasteiger partial charge in [-0.1, -0.05) is 33.1 Å². The Kier molecular flexibility index (Phi) is 1.95. The molecule has 4 atom stereocenters. The molecule has 2 aliphatic rings. The van der Waals surface area contributed by atoms with Gasteiger partial charge in [0.25, 0.3) is 0 Å². The van der Waals surface area contributed by atoms with E-state index < -0.39 is 0 Å². The molecule has 0 spiro atoms. The van der Waals surface area contributed by atoms with Crippen LogP contribution >= 0.6 is 0 Å². The summed E-state index contributed by atoms with van der Waals surface area (Å²) in [4.78, 5) is 0. The van der Waals surface area contributed by atoms with Gasteiger partial charge in [0.05, 0.1) is 0 Å². The molecule has 0 aliphatic heterocycles. The second-order valence-corrected chi connectivity index (χ2v) is 4.68. The molecule has 0 amide bonds. The SMILES string of the molecule is CCCC1CC2CCC(C)[C@H]12. The monoisotopic (exact) mass is 152 g/mol. The van der Waals surface area contributed by atoms with Gasteiger partial charge in [0.1, 0.15) is 0 Å². The summed E-state index contributed by atoms with van der Waals surface area (Å²) in [6.45, 7) is 4.79. The number of rotatable bonds is 2. The number of fused-ring (bicyclic) bond motifs is 1. The van der Waals surface area contributed by atoms with Gasteiger partial charge < -0.3 is 0 Å². The molecule has 0 radical (unpaired) electrons. The van der Waals surface area contributed by atoms with Crippen LogP contribution in [0.4, 0.5) is 0 Å². The molecule has 64 valence electrons. The van der Waals surface area contributed by atoms with Crippen LogP contribution in [0, 0.1) is 23.7 Å². The summed E-state index contributed by atoms with van der Waals surface area (Å²) in [6, 6.07) is 0. The molecule has 3 unspecified atom stereocenters. The van der Waals surface area contributed by atoms with Gasteiger partial charge in [0.2, 0.25) is 0 Å². The Balaban J connectivity index is 1.90. The van der Waals surface area contributed by atoms with E-state index in [0.717, 1.165) is 23.7 Å². The fraction of sp³-hybridized carbons (Fsp3) is 1.00. The van der Waals surface area contributed by atoms with Gasteiger partial charge in [-0.05, 0) is 36.5 Å². The standard InChI is InChI=1S/C11H20/c1-3-4-9-7-10-6-5-8(2)11(9)10/h8-11H,3-7H2,1-2H3/t8?,9?,10?,11-/m1/s1. The van der Waals surface area contributed by atoms with Crippen molar-refractivity contribution in [1.29, 1.82) is 0 Å². The molecule has 0 N–H and O–H groups in total. The van der Waals surface area contributed by atoms with Crippen LogP contribution in [0.5, 0.6) is 0 Å². The summed E-state index contributed by atoms with van der Waals surface area (Å²) in [5.41, 5.74) is 0. The van der Waals surface area contributed by atoms with E-state index >= 15 is 0 Å².